The molecule has 1 heterocycles. The number of nitrogens with zero attached hydrogens (tertiary/aromatic N) is 1. The van der Waals surface area contributed by atoms with Gasteiger partial charge in [0.15, 0.2) is 11.6 Å². The molecule has 0 saturated heterocycles. The number of hydrogen-bond donors (Lipinski definition) is 1. The molecular formula is C10H14FNO3. The Balaban J connectivity index is 2.65. The van der Waals surface area contributed by atoms with Gasteiger partial charge in [0, 0.05) is 0 Å². The zero-order valence-electron chi connectivity index (χ0n) is 8.95. The summed E-state index contributed by atoms with van der Waals surface area (Å²) in [5.41, 5.74) is -0.620. The van der Waals surface area contributed by atoms with Crippen molar-refractivity contribution in [3.8, 4) is 0 Å². The molecule has 0 aromatic heterocycles. The minimum atomic E-state index is -0.841. The van der Waals surface area contributed by atoms with Gasteiger partial charge >= 0.3 is 6.09 Å². The highest BCUT2D eigenvalue weighted by molar-refractivity contribution is 5.70. The summed E-state index contributed by atoms with van der Waals surface area (Å²) in [5.74, 6) is -1.29. The average molecular weight is 215 g/mol. The van der Waals surface area contributed by atoms with E-state index >= 15 is 0 Å². The van der Waals surface area contributed by atoms with Crippen LogP contribution in [0.4, 0.5) is 9.18 Å². The maximum atomic E-state index is 12.9. The monoisotopic (exact) mass is 215 g/mol. The fourth-order valence-electron chi connectivity index (χ4n) is 0.986. The van der Waals surface area contributed by atoms with Gasteiger partial charge < -0.3 is 9.84 Å². The molecule has 15 heavy (non-hydrogen) atoms. The summed E-state index contributed by atoms with van der Waals surface area (Å²) in [4.78, 5) is 12.5. The molecule has 1 rings (SSSR count). The van der Waals surface area contributed by atoms with Crippen molar-refractivity contribution in [1.29, 1.82) is 0 Å². The number of ether oxygens (including phenoxy) is 1. The molecule has 0 aliphatic carbocycles. The normalized spacial score (nSPS) is 16.9. The molecule has 84 valence electrons. The van der Waals surface area contributed by atoms with E-state index in [4.69, 9.17) is 9.84 Å². The second-order valence-electron chi connectivity index (χ2n) is 4.20. The molecule has 0 aromatic rings. The Hall–Kier alpha value is -1.52. The van der Waals surface area contributed by atoms with Crippen LogP contribution in [0, 0.1) is 0 Å². The quantitative estimate of drug-likeness (QED) is 0.675. The third kappa shape index (κ3) is 3.27. The number of aliphatic hydroxyl groups is 1. The van der Waals surface area contributed by atoms with Gasteiger partial charge in [-0.25, -0.2) is 9.18 Å². The predicted octanol–water partition coefficient (Wildman–Crippen LogP) is 2.49. The van der Waals surface area contributed by atoms with Crippen LogP contribution < -0.4 is 0 Å². The number of halogens is 1. The van der Waals surface area contributed by atoms with Crippen molar-refractivity contribution in [3.05, 3.63) is 23.9 Å². The third-order valence-electron chi connectivity index (χ3n) is 1.62. The summed E-state index contributed by atoms with van der Waals surface area (Å²) in [7, 11) is 0. The van der Waals surface area contributed by atoms with Crippen LogP contribution in [0.2, 0.25) is 0 Å². The zero-order valence-corrected chi connectivity index (χ0v) is 8.95. The molecular weight excluding hydrogens is 201 g/mol. The summed E-state index contributed by atoms with van der Waals surface area (Å²) < 4.78 is 17.9. The van der Waals surface area contributed by atoms with Gasteiger partial charge in [0.1, 0.15) is 5.60 Å². The minimum absolute atomic E-state index is 0.105. The molecule has 0 radical (unpaired) electrons. The van der Waals surface area contributed by atoms with Crippen LogP contribution in [0.5, 0.6) is 0 Å². The number of hydrogen-bond acceptors (Lipinski definition) is 3. The summed E-state index contributed by atoms with van der Waals surface area (Å²) in [6.07, 6.45) is 1.49. The van der Waals surface area contributed by atoms with Gasteiger partial charge in [-0.2, -0.15) is 0 Å². The number of aliphatic hydroxyl groups excluding tert-OH is 1. The fraction of sp³-hybridized carbons (Fsp3) is 0.500. The van der Waals surface area contributed by atoms with Crippen LogP contribution >= 0.6 is 0 Å². The highest BCUT2D eigenvalue weighted by Crippen LogP contribution is 2.17. The van der Waals surface area contributed by atoms with Gasteiger partial charge in [-0.1, -0.05) is 0 Å². The average Bonchev–Trinajstić information content (AvgIpc) is 2.06. The van der Waals surface area contributed by atoms with Crippen LogP contribution in [-0.4, -0.2) is 28.2 Å². The summed E-state index contributed by atoms with van der Waals surface area (Å²) in [5, 5.41) is 8.95. The van der Waals surface area contributed by atoms with Gasteiger partial charge in [0.05, 0.1) is 12.7 Å². The van der Waals surface area contributed by atoms with E-state index in [0.717, 1.165) is 11.1 Å². The lowest BCUT2D eigenvalue weighted by molar-refractivity contribution is 0.0343. The van der Waals surface area contributed by atoms with Crippen molar-refractivity contribution in [1.82, 2.24) is 4.90 Å². The van der Waals surface area contributed by atoms with E-state index < -0.39 is 23.3 Å². The molecule has 0 atom stereocenters. The van der Waals surface area contributed by atoms with E-state index in [0.29, 0.717) is 0 Å². The molecule has 0 saturated carbocycles. The van der Waals surface area contributed by atoms with E-state index in [1.54, 1.807) is 20.8 Å². The Bertz CT molecular complexity index is 328. The lowest BCUT2D eigenvalue weighted by atomic mass is 10.2. The Morgan fingerprint density at radius 3 is 2.67 bits per heavy atom. The highest BCUT2D eigenvalue weighted by Gasteiger charge is 2.23. The van der Waals surface area contributed by atoms with E-state index in [1.165, 1.54) is 6.08 Å². The number of allylic oxidation sites excluding steroid dienone is 1. The minimum Gasteiger partial charge on any atom is -0.505 e. The smallest absolute Gasteiger partial charge is 0.414 e. The summed E-state index contributed by atoms with van der Waals surface area (Å²) >= 11 is 0. The number of amides is 1. The Morgan fingerprint density at radius 1 is 1.60 bits per heavy atom. The van der Waals surface area contributed by atoms with Crippen LogP contribution in [-0.2, 0) is 4.74 Å². The van der Waals surface area contributed by atoms with E-state index in [2.05, 4.69) is 0 Å². The van der Waals surface area contributed by atoms with Crippen LogP contribution in [0.3, 0.4) is 0 Å². The van der Waals surface area contributed by atoms with Gasteiger partial charge in [-0.3, -0.25) is 4.90 Å². The van der Waals surface area contributed by atoms with E-state index in [9.17, 15) is 9.18 Å². The first-order valence-electron chi connectivity index (χ1n) is 4.56. The van der Waals surface area contributed by atoms with Crippen molar-refractivity contribution in [2.45, 2.75) is 26.4 Å². The lowest BCUT2D eigenvalue weighted by Crippen LogP contribution is -2.35. The van der Waals surface area contributed by atoms with E-state index in [1.807, 2.05) is 0 Å². The van der Waals surface area contributed by atoms with Gasteiger partial charge in [0.25, 0.3) is 0 Å². The van der Waals surface area contributed by atoms with Crippen LogP contribution in [0.15, 0.2) is 23.9 Å². The molecule has 1 N–H and O–H groups in total. The molecule has 1 aliphatic rings. The van der Waals surface area contributed by atoms with Crippen LogP contribution in [0.25, 0.3) is 0 Å². The summed E-state index contributed by atoms with van der Waals surface area (Å²) in [6.45, 7) is 5.28. The molecule has 5 heteroatoms. The predicted molar refractivity (Wildman–Crippen MR) is 52.8 cm³/mol. The highest BCUT2D eigenvalue weighted by atomic mass is 19.1. The second kappa shape index (κ2) is 3.92. The van der Waals surface area contributed by atoms with Crippen molar-refractivity contribution in [2.24, 2.45) is 0 Å². The standard InChI is InChI=1S/C10H14FNO3/c1-10(2,3)15-9(14)12-5-4-8(13)7(11)6-12/h4,6,13H,5H2,1-3H3. The van der Waals surface area contributed by atoms with Crippen molar-refractivity contribution in [2.75, 3.05) is 6.54 Å². The Morgan fingerprint density at radius 2 is 2.20 bits per heavy atom. The first-order valence-corrected chi connectivity index (χ1v) is 4.56. The SMILES string of the molecule is CC(C)(C)OC(=O)N1C=C(F)C(O)=CC1. The number of rotatable bonds is 0. The molecule has 0 aromatic carbocycles. The Kier molecular flexibility index (Phi) is 3.02. The molecule has 4 nitrogen and oxygen atoms in total. The molecule has 0 fully saturated rings. The van der Waals surface area contributed by atoms with Crippen molar-refractivity contribution < 1.29 is 19.0 Å². The van der Waals surface area contributed by atoms with Gasteiger partial charge in [-0.15, -0.1) is 0 Å². The van der Waals surface area contributed by atoms with Gasteiger partial charge in [-0.05, 0) is 26.8 Å². The third-order valence-corrected chi connectivity index (χ3v) is 1.62. The lowest BCUT2D eigenvalue weighted by Gasteiger charge is -2.25. The number of carbonyl (C=O) groups is 1. The second-order valence-corrected chi connectivity index (χ2v) is 4.20. The van der Waals surface area contributed by atoms with Crippen molar-refractivity contribution >= 4 is 6.09 Å². The van der Waals surface area contributed by atoms with Crippen LogP contribution in [0.1, 0.15) is 20.8 Å². The zero-order chi connectivity index (χ0) is 11.6. The van der Waals surface area contributed by atoms with Crippen molar-refractivity contribution in [3.63, 3.8) is 0 Å². The first kappa shape index (κ1) is 11.6. The topological polar surface area (TPSA) is 49.8 Å². The molecule has 1 amide bonds. The molecule has 0 spiro atoms. The van der Waals surface area contributed by atoms with E-state index in [-0.39, 0.29) is 6.54 Å². The maximum Gasteiger partial charge on any atom is 0.414 e. The summed E-state index contributed by atoms with van der Waals surface area (Å²) in [6, 6.07) is 0. The Labute approximate surface area is 87.6 Å². The molecule has 0 unspecified atom stereocenters. The largest absolute Gasteiger partial charge is 0.505 e. The number of carbonyl (C=O) groups excluding carboxylic acids is 1. The fourth-order valence-corrected chi connectivity index (χ4v) is 0.986. The van der Waals surface area contributed by atoms with Gasteiger partial charge in [0.2, 0.25) is 0 Å². The maximum absolute atomic E-state index is 12.9. The first-order chi connectivity index (χ1) is 6.79. The molecule has 1 aliphatic heterocycles. The molecule has 0 bridgehead atoms.